The van der Waals surface area contributed by atoms with Gasteiger partial charge in [0.25, 0.3) is 0 Å². The predicted molar refractivity (Wildman–Crippen MR) is 174 cm³/mol. The second-order valence-electron chi connectivity index (χ2n) is 10.9. The zero-order valence-electron chi connectivity index (χ0n) is 23.5. The average molecular weight is 531 g/mol. The minimum absolute atomic E-state index is 0.580. The van der Waals surface area contributed by atoms with E-state index in [-0.39, 0.29) is 0 Å². The lowest BCUT2D eigenvalue weighted by atomic mass is 9.86. The van der Waals surface area contributed by atoms with Gasteiger partial charge in [-0.15, -0.1) is 7.55 Å². The molecule has 39 heavy (non-hydrogen) atoms. The zero-order chi connectivity index (χ0) is 26.7. The van der Waals surface area contributed by atoms with Gasteiger partial charge in [0.15, 0.2) is 0 Å². The van der Waals surface area contributed by atoms with E-state index >= 15 is 0 Å². The Labute approximate surface area is 237 Å². The summed E-state index contributed by atoms with van der Waals surface area (Å²) in [5.74, 6) is 0. The van der Waals surface area contributed by atoms with E-state index in [0.29, 0.717) is 5.66 Å². The van der Waals surface area contributed by atoms with E-state index in [9.17, 15) is 0 Å². The van der Waals surface area contributed by atoms with Gasteiger partial charge in [-0.25, -0.2) is 0 Å². The summed E-state index contributed by atoms with van der Waals surface area (Å²) in [5, 5.41) is 1.68. The first-order chi connectivity index (χ1) is 19.3. The Balaban J connectivity index is 1.67. The molecule has 0 fully saturated rings. The average Bonchev–Trinajstić information content (AvgIpc) is 3.01. The Morgan fingerprint density at radius 3 is 1.77 bits per heavy atom. The molecule has 0 amide bonds. The first-order valence-electron chi connectivity index (χ1n) is 15.0. The highest BCUT2D eigenvalue weighted by molar-refractivity contribution is 7.60. The van der Waals surface area contributed by atoms with Gasteiger partial charge in [-0.3, -0.25) is 0 Å². The maximum Gasteiger partial charge on any atom is 0.00615 e. The molecule has 2 unspecified atom stereocenters. The lowest BCUT2D eigenvalue weighted by molar-refractivity contribution is 0.626. The summed E-state index contributed by atoms with van der Waals surface area (Å²) < 4.78 is 0. The van der Waals surface area contributed by atoms with Gasteiger partial charge in [0, 0.05) is 5.66 Å². The van der Waals surface area contributed by atoms with Gasteiger partial charge in [-0.1, -0.05) is 160 Å². The van der Waals surface area contributed by atoms with Crippen LogP contribution in [0.1, 0.15) is 79.8 Å². The molecule has 0 N–H and O–H groups in total. The molecule has 1 heteroatoms. The Morgan fingerprint density at radius 1 is 0.590 bits per heavy atom. The van der Waals surface area contributed by atoms with Crippen LogP contribution in [0.3, 0.4) is 0 Å². The van der Waals surface area contributed by atoms with Gasteiger partial charge in [-0.2, -0.15) is 0 Å². The van der Waals surface area contributed by atoms with Gasteiger partial charge in [0.1, 0.15) is 0 Å². The normalized spacial score (nSPS) is 17.4. The topological polar surface area (TPSA) is 0 Å². The van der Waals surface area contributed by atoms with Crippen molar-refractivity contribution in [3.8, 4) is 0 Å². The summed E-state index contributed by atoms with van der Waals surface area (Å²) in [6, 6.07) is 45.2. The minimum atomic E-state index is -0.870. The number of unbranched alkanes of at least 4 members (excludes halogenated alkanes) is 5. The summed E-state index contributed by atoms with van der Waals surface area (Å²) >= 11 is 0. The quantitative estimate of drug-likeness (QED) is 0.126. The number of hydrogen-bond acceptors (Lipinski definition) is 0. The molecule has 0 aromatic heterocycles. The molecule has 2 atom stereocenters. The number of hydrogen-bond donors (Lipinski definition) is 0. The fourth-order valence-corrected chi connectivity index (χ4v) is 10.0. The van der Waals surface area contributed by atoms with Gasteiger partial charge >= 0.3 is 0 Å². The van der Waals surface area contributed by atoms with Crippen molar-refractivity contribution in [2.24, 2.45) is 0 Å². The van der Waals surface area contributed by atoms with Crippen LogP contribution < -0.4 is 0 Å². The van der Waals surface area contributed by atoms with Crippen LogP contribution in [0.25, 0.3) is 5.57 Å². The number of rotatable bonds is 12. The molecule has 0 spiro atoms. The molecule has 1 aliphatic rings. The van der Waals surface area contributed by atoms with Gasteiger partial charge in [0.05, 0.1) is 0 Å². The van der Waals surface area contributed by atoms with Crippen LogP contribution in [-0.2, 0) is 6.42 Å². The van der Waals surface area contributed by atoms with Crippen LogP contribution in [-0.4, -0.2) is 11.5 Å². The molecule has 0 bridgehead atoms. The molecule has 4 aromatic rings. The molecule has 0 nitrogen and oxygen atoms in total. The maximum absolute atomic E-state index is 2.39. The van der Waals surface area contributed by atoms with Crippen molar-refractivity contribution in [2.45, 2.75) is 63.9 Å². The second-order valence-corrected chi connectivity index (χ2v) is 13.7. The molecule has 1 aliphatic heterocycles. The first-order valence-corrected chi connectivity index (χ1v) is 16.8. The third-order valence-electron chi connectivity index (χ3n) is 8.23. The molecule has 0 saturated heterocycles. The highest BCUT2D eigenvalue weighted by atomic mass is 31.1. The van der Waals surface area contributed by atoms with Gasteiger partial charge < -0.3 is 0 Å². The molecule has 0 aliphatic carbocycles. The monoisotopic (exact) mass is 530 g/mol. The van der Waals surface area contributed by atoms with E-state index in [2.05, 4.69) is 128 Å². The number of allylic oxidation sites excluding steroid dienone is 2. The third-order valence-corrected chi connectivity index (χ3v) is 11.7. The van der Waals surface area contributed by atoms with Crippen molar-refractivity contribution >= 4 is 18.4 Å². The van der Waals surface area contributed by atoms with E-state index in [1.54, 1.807) is 16.4 Å². The van der Waals surface area contributed by atoms with Crippen LogP contribution in [0.4, 0.5) is 0 Å². The molecule has 5 rings (SSSR count). The maximum atomic E-state index is 2.39. The smallest absolute Gasteiger partial charge is 0.00615 e. The van der Waals surface area contributed by atoms with E-state index in [1.807, 2.05) is 0 Å². The molecular weight excluding hydrogens is 487 g/mol. The van der Waals surface area contributed by atoms with Crippen molar-refractivity contribution in [2.75, 3.05) is 6.16 Å². The van der Waals surface area contributed by atoms with E-state index in [0.717, 1.165) is 12.8 Å². The molecule has 200 valence electrons. The molecule has 4 aromatic carbocycles. The van der Waals surface area contributed by atoms with Crippen LogP contribution >= 0.6 is 7.55 Å². The van der Waals surface area contributed by atoms with E-state index in [4.69, 9.17) is 0 Å². The molecular formula is C38H43P. The van der Waals surface area contributed by atoms with Crippen molar-refractivity contribution < 1.29 is 0 Å². The summed E-state index contributed by atoms with van der Waals surface area (Å²) in [4.78, 5) is 0. The van der Waals surface area contributed by atoms with Gasteiger partial charge in [-0.05, 0) is 64.1 Å². The summed E-state index contributed by atoms with van der Waals surface area (Å²) in [6.45, 7) is 2.31. The highest BCUT2D eigenvalue weighted by Gasteiger charge is 2.30. The molecule has 0 radical (unpaired) electrons. The summed E-state index contributed by atoms with van der Waals surface area (Å²) in [7, 11) is -0.870. The van der Waals surface area contributed by atoms with E-state index < -0.39 is 7.55 Å². The largest absolute Gasteiger partial charge is 0.102 e. The lowest BCUT2D eigenvalue weighted by Gasteiger charge is -2.35. The van der Waals surface area contributed by atoms with E-state index in [1.165, 1.54) is 66.9 Å². The second kappa shape index (κ2) is 14.3. The number of benzene rings is 4. The molecule has 1 heterocycles. The fourth-order valence-electron chi connectivity index (χ4n) is 6.26. The van der Waals surface area contributed by atoms with Crippen LogP contribution in [0.15, 0.2) is 127 Å². The van der Waals surface area contributed by atoms with Crippen molar-refractivity contribution in [1.29, 1.82) is 0 Å². The fraction of sp³-hybridized carbons (Fsp3) is 0.289. The third kappa shape index (κ3) is 7.12. The van der Waals surface area contributed by atoms with Gasteiger partial charge in [0.2, 0.25) is 0 Å². The Kier molecular flexibility index (Phi) is 10.1. The van der Waals surface area contributed by atoms with Crippen LogP contribution in [0.5, 0.6) is 0 Å². The van der Waals surface area contributed by atoms with Crippen molar-refractivity contribution in [3.05, 3.63) is 149 Å². The Bertz CT molecular complexity index is 1350. The SMILES string of the molecule is CCCCCCCC[PH]1=C(c2ccccc2)C(Cc2ccccc2)=C(c2ccccc2)CC1c1ccccc1. The minimum Gasteiger partial charge on any atom is -0.102 e. The molecule has 0 saturated carbocycles. The summed E-state index contributed by atoms with van der Waals surface area (Å²) in [6.07, 6.45) is 11.6. The van der Waals surface area contributed by atoms with Crippen LogP contribution in [0.2, 0.25) is 0 Å². The van der Waals surface area contributed by atoms with Crippen molar-refractivity contribution in [1.82, 2.24) is 0 Å². The predicted octanol–water partition coefficient (Wildman–Crippen LogP) is 10.6. The van der Waals surface area contributed by atoms with Crippen molar-refractivity contribution in [3.63, 3.8) is 0 Å². The first kappa shape index (κ1) is 27.5. The Morgan fingerprint density at radius 2 is 1.13 bits per heavy atom. The zero-order valence-corrected chi connectivity index (χ0v) is 24.5. The lowest BCUT2D eigenvalue weighted by Crippen LogP contribution is -2.18. The van der Waals surface area contributed by atoms with Crippen LogP contribution in [0, 0.1) is 0 Å². The summed E-state index contributed by atoms with van der Waals surface area (Å²) in [5.41, 5.74) is 9.48. The Hall–Kier alpha value is -3.08. The standard InChI is InChI=1S/C38H43P/c1-2-3-4-5-6-19-28-39-37(33-24-15-9-16-25-33)30-35(32-22-13-8-14-23-32)36(29-31-20-11-7-12-21-31)38(39)34-26-17-10-18-27-34/h7-18,20-27,37,39H,2-6,19,28-30H2,1H3. The highest BCUT2D eigenvalue weighted by Crippen LogP contribution is 2.56.